The monoisotopic (exact) mass is 449 g/mol. The SMILES string of the molecule is CC[C@@]1(O)C(=O)OCc2c1cc1n(c2=O)CC=C1Nc1cc(C)c(C)c2c1C(=O)[C@@H](N)CC2. The van der Waals surface area contributed by atoms with Crippen molar-refractivity contribution in [2.24, 2.45) is 5.73 Å². The van der Waals surface area contributed by atoms with E-state index in [9.17, 15) is 19.5 Å². The van der Waals surface area contributed by atoms with Gasteiger partial charge in [-0.25, -0.2) is 4.79 Å². The molecule has 0 bridgehead atoms. The number of Topliss-reactive ketones (excluding diaryl/α,β-unsaturated/α-hetero) is 1. The van der Waals surface area contributed by atoms with Crippen LogP contribution in [0.3, 0.4) is 0 Å². The summed E-state index contributed by atoms with van der Waals surface area (Å²) in [5.41, 5.74) is 10.1. The second-order valence-corrected chi connectivity index (χ2v) is 9.10. The van der Waals surface area contributed by atoms with Gasteiger partial charge in [-0.3, -0.25) is 9.59 Å². The Morgan fingerprint density at radius 2 is 2.00 bits per heavy atom. The van der Waals surface area contributed by atoms with Crippen molar-refractivity contribution in [2.75, 3.05) is 5.32 Å². The van der Waals surface area contributed by atoms with Gasteiger partial charge < -0.3 is 25.5 Å². The van der Waals surface area contributed by atoms with Crippen LogP contribution in [0.15, 0.2) is 23.0 Å². The lowest BCUT2D eigenvalue weighted by Crippen LogP contribution is -2.44. The Morgan fingerprint density at radius 1 is 1.24 bits per heavy atom. The van der Waals surface area contributed by atoms with Gasteiger partial charge in [0.15, 0.2) is 11.4 Å². The number of pyridine rings is 1. The number of ether oxygens (including phenoxy) is 1. The summed E-state index contributed by atoms with van der Waals surface area (Å²) in [6, 6.07) is 3.09. The summed E-state index contributed by atoms with van der Waals surface area (Å²) in [7, 11) is 0. The van der Waals surface area contributed by atoms with Crippen molar-refractivity contribution in [3.05, 3.63) is 67.6 Å². The zero-order valence-corrected chi connectivity index (χ0v) is 18.9. The van der Waals surface area contributed by atoms with E-state index < -0.39 is 17.6 Å². The van der Waals surface area contributed by atoms with Crippen LogP contribution in [0.25, 0.3) is 5.70 Å². The third-order valence-corrected chi connectivity index (χ3v) is 7.33. The van der Waals surface area contributed by atoms with Crippen molar-refractivity contribution < 1.29 is 19.4 Å². The average molecular weight is 450 g/mol. The van der Waals surface area contributed by atoms with E-state index in [1.54, 1.807) is 17.6 Å². The highest BCUT2D eigenvalue weighted by Gasteiger charge is 2.45. The van der Waals surface area contributed by atoms with E-state index in [0.29, 0.717) is 41.2 Å². The molecule has 1 aliphatic carbocycles. The Bertz CT molecular complexity index is 1320. The lowest BCUT2D eigenvalue weighted by atomic mass is 9.82. The zero-order valence-electron chi connectivity index (χ0n) is 18.9. The van der Waals surface area contributed by atoms with Crippen molar-refractivity contribution in [1.82, 2.24) is 4.57 Å². The molecule has 0 fully saturated rings. The van der Waals surface area contributed by atoms with Crippen molar-refractivity contribution in [3.63, 3.8) is 0 Å². The summed E-state index contributed by atoms with van der Waals surface area (Å²) < 4.78 is 6.68. The number of hydrogen-bond donors (Lipinski definition) is 3. The first-order chi connectivity index (χ1) is 15.7. The molecule has 0 radical (unpaired) electrons. The number of aromatic nitrogens is 1. The number of rotatable bonds is 3. The van der Waals surface area contributed by atoms with E-state index in [1.807, 2.05) is 26.0 Å². The third-order valence-electron chi connectivity index (χ3n) is 7.33. The molecular weight excluding hydrogens is 422 g/mol. The van der Waals surface area contributed by atoms with Gasteiger partial charge in [0.05, 0.1) is 28.7 Å². The summed E-state index contributed by atoms with van der Waals surface area (Å²) in [6.07, 6.45) is 3.31. The highest BCUT2D eigenvalue weighted by Crippen LogP contribution is 2.38. The van der Waals surface area contributed by atoms with Gasteiger partial charge in [-0.05, 0) is 68.0 Å². The fourth-order valence-corrected chi connectivity index (χ4v) is 5.15. The van der Waals surface area contributed by atoms with Gasteiger partial charge in [-0.15, -0.1) is 0 Å². The molecule has 0 spiro atoms. The third kappa shape index (κ3) is 3.01. The van der Waals surface area contributed by atoms with E-state index in [-0.39, 0.29) is 29.9 Å². The largest absolute Gasteiger partial charge is 0.458 e. The highest BCUT2D eigenvalue weighted by molar-refractivity contribution is 6.08. The van der Waals surface area contributed by atoms with E-state index in [0.717, 1.165) is 23.1 Å². The second-order valence-electron chi connectivity index (χ2n) is 9.10. The zero-order chi connectivity index (χ0) is 23.7. The van der Waals surface area contributed by atoms with Gasteiger partial charge in [0, 0.05) is 17.7 Å². The maximum absolute atomic E-state index is 13.2. The second kappa shape index (κ2) is 7.40. The fraction of sp³-hybridized carbons (Fsp3) is 0.400. The van der Waals surface area contributed by atoms with Gasteiger partial charge in [0.2, 0.25) is 0 Å². The molecule has 1 aromatic carbocycles. The van der Waals surface area contributed by atoms with Crippen LogP contribution < -0.4 is 16.6 Å². The molecule has 3 heterocycles. The Hall–Kier alpha value is -3.23. The van der Waals surface area contributed by atoms with Crippen LogP contribution in [-0.2, 0) is 34.7 Å². The number of carbonyl (C=O) groups is 2. The van der Waals surface area contributed by atoms with Gasteiger partial charge in [0.1, 0.15) is 6.61 Å². The lowest BCUT2D eigenvalue weighted by Gasteiger charge is -2.32. The quantitative estimate of drug-likeness (QED) is 0.613. The number of nitrogens with one attached hydrogen (secondary N) is 1. The number of aryl methyl sites for hydroxylation is 1. The van der Waals surface area contributed by atoms with Crippen molar-refractivity contribution in [3.8, 4) is 0 Å². The number of esters is 1. The van der Waals surface area contributed by atoms with Gasteiger partial charge >= 0.3 is 5.97 Å². The standard InChI is InChI=1S/C25H27N3O5/c1-4-25(32)16-10-20-18(7-8-28(20)23(30)15(16)11-33-24(25)31)27-19-9-12(2)13(3)14-5-6-17(26)22(29)21(14)19/h7,9-10,17,27,32H,4-6,8,11,26H2,1-3H3/t17-,25-/m0/s1. The minimum absolute atomic E-state index is 0.0885. The number of benzene rings is 1. The molecule has 3 aliphatic rings. The molecule has 172 valence electrons. The number of carbonyl (C=O) groups excluding carboxylic acids is 2. The van der Waals surface area contributed by atoms with E-state index in [2.05, 4.69) is 5.32 Å². The van der Waals surface area contributed by atoms with Crippen LogP contribution in [0, 0.1) is 13.8 Å². The molecule has 2 atom stereocenters. The van der Waals surface area contributed by atoms with Crippen LogP contribution in [-0.4, -0.2) is 27.5 Å². The number of nitrogens with zero attached hydrogens (tertiary/aromatic N) is 1. The Balaban J connectivity index is 1.62. The number of hydrogen-bond acceptors (Lipinski definition) is 7. The van der Waals surface area contributed by atoms with Crippen LogP contribution in [0.5, 0.6) is 0 Å². The number of cyclic esters (lactones) is 1. The molecule has 8 heteroatoms. The number of aliphatic hydroxyl groups is 1. The maximum Gasteiger partial charge on any atom is 0.343 e. The molecule has 0 amide bonds. The van der Waals surface area contributed by atoms with Crippen LogP contribution >= 0.6 is 0 Å². The molecule has 1 aromatic heterocycles. The van der Waals surface area contributed by atoms with Gasteiger partial charge in [0.25, 0.3) is 5.56 Å². The number of fused-ring (bicyclic) bond motifs is 3. The molecule has 0 saturated heterocycles. The van der Waals surface area contributed by atoms with Crippen LogP contribution in [0.1, 0.15) is 63.6 Å². The molecule has 0 saturated carbocycles. The summed E-state index contributed by atoms with van der Waals surface area (Å²) in [4.78, 5) is 38.5. The summed E-state index contributed by atoms with van der Waals surface area (Å²) in [5.74, 6) is -0.840. The van der Waals surface area contributed by atoms with Crippen LogP contribution in [0.4, 0.5) is 5.69 Å². The first kappa shape index (κ1) is 21.6. The predicted octanol–water partition coefficient (Wildman–Crippen LogP) is 2.04. The molecule has 33 heavy (non-hydrogen) atoms. The Morgan fingerprint density at radius 3 is 2.73 bits per heavy atom. The van der Waals surface area contributed by atoms with E-state index in [4.69, 9.17) is 10.5 Å². The van der Waals surface area contributed by atoms with Gasteiger partial charge in [-0.2, -0.15) is 0 Å². The van der Waals surface area contributed by atoms with Crippen molar-refractivity contribution >= 4 is 23.1 Å². The number of ketones is 1. The summed E-state index contributed by atoms with van der Waals surface area (Å²) >= 11 is 0. The number of nitrogens with two attached hydrogens (primary N) is 1. The Kier molecular flexibility index (Phi) is 4.84. The van der Waals surface area contributed by atoms with Gasteiger partial charge in [-0.1, -0.05) is 6.92 Å². The van der Waals surface area contributed by atoms with Crippen molar-refractivity contribution in [1.29, 1.82) is 0 Å². The molecule has 5 rings (SSSR count). The van der Waals surface area contributed by atoms with E-state index in [1.165, 1.54) is 0 Å². The first-order valence-electron chi connectivity index (χ1n) is 11.2. The summed E-state index contributed by atoms with van der Waals surface area (Å²) in [6.45, 7) is 5.87. The highest BCUT2D eigenvalue weighted by atomic mass is 16.6. The minimum atomic E-state index is -1.86. The molecule has 8 nitrogen and oxygen atoms in total. The normalized spacial score (nSPS) is 23.4. The molecule has 4 N–H and O–H groups in total. The average Bonchev–Trinajstić information content (AvgIpc) is 3.19. The molecular formula is C25H27N3O5. The number of allylic oxidation sites excluding steroid dienone is 1. The summed E-state index contributed by atoms with van der Waals surface area (Å²) in [5, 5.41) is 14.4. The Labute approximate surface area is 191 Å². The van der Waals surface area contributed by atoms with Crippen molar-refractivity contribution in [2.45, 2.75) is 64.8 Å². The molecule has 0 unspecified atom stereocenters. The smallest absolute Gasteiger partial charge is 0.343 e. The lowest BCUT2D eigenvalue weighted by molar-refractivity contribution is -0.172. The molecule has 2 aliphatic heterocycles. The topological polar surface area (TPSA) is 124 Å². The van der Waals surface area contributed by atoms with E-state index >= 15 is 0 Å². The maximum atomic E-state index is 13.2. The molecule has 2 aromatic rings. The fourth-order valence-electron chi connectivity index (χ4n) is 5.15. The predicted molar refractivity (Wildman–Crippen MR) is 123 cm³/mol. The minimum Gasteiger partial charge on any atom is -0.458 e. The van der Waals surface area contributed by atoms with Crippen LogP contribution in [0.2, 0.25) is 0 Å². The first-order valence-corrected chi connectivity index (χ1v) is 11.2. The number of anilines is 1.